The Hall–Kier alpha value is -3.81. The third-order valence-electron chi connectivity index (χ3n) is 6.47. The number of carbonyl (C=O) groups excluding carboxylic acids is 2. The van der Waals surface area contributed by atoms with E-state index in [0.717, 1.165) is 22.4 Å². The summed E-state index contributed by atoms with van der Waals surface area (Å²) in [5, 5.41) is 0. The fourth-order valence-electron chi connectivity index (χ4n) is 4.66. The Morgan fingerprint density at radius 1 is 0.861 bits per heavy atom. The molecule has 0 spiro atoms. The summed E-state index contributed by atoms with van der Waals surface area (Å²) in [4.78, 5) is 28.2. The SMILES string of the molecule is CN(C)c1cccc(C2=CC(=O)C(=O)C3C(c4ccccc4)=CN(S(=O)OCc4ccccc4)C23)c1. The minimum absolute atomic E-state index is 0.151. The first-order valence-corrected chi connectivity index (χ1v) is 12.7. The second-order valence-corrected chi connectivity index (χ2v) is 10.1. The Morgan fingerprint density at radius 2 is 1.53 bits per heavy atom. The fourth-order valence-corrected chi connectivity index (χ4v) is 5.64. The second-order valence-electron chi connectivity index (χ2n) is 8.97. The average Bonchev–Trinajstić information content (AvgIpc) is 3.31. The topological polar surface area (TPSA) is 66.9 Å². The molecule has 0 N–H and O–H groups in total. The van der Waals surface area contributed by atoms with Crippen molar-refractivity contribution in [3.8, 4) is 0 Å². The van der Waals surface area contributed by atoms with Gasteiger partial charge in [-0.25, -0.2) is 4.21 Å². The zero-order valence-electron chi connectivity index (χ0n) is 20.0. The van der Waals surface area contributed by atoms with Crippen molar-refractivity contribution < 1.29 is 18.0 Å². The van der Waals surface area contributed by atoms with Gasteiger partial charge in [-0.2, -0.15) is 0 Å². The summed E-state index contributed by atoms with van der Waals surface area (Å²) in [5.41, 5.74) is 4.75. The quantitative estimate of drug-likeness (QED) is 0.451. The van der Waals surface area contributed by atoms with E-state index in [1.807, 2.05) is 104 Å². The summed E-state index contributed by atoms with van der Waals surface area (Å²) in [5.74, 6) is -1.85. The minimum atomic E-state index is -1.90. The highest BCUT2D eigenvalue weighted by Crippen LogP contribution is 2.45. The maximum absolute atomic E-state index is 13.5. The van der Waals surface area contributed by atoms with E-state index in [1.54, 1.807) is 10.5 Å². The molecule has 3 atom stereocenters. The van der Waals surface area contributed by atoms with E-state index in [0.29, 0.717) is 11.1 Å². The highest BCUT2D eigenvalue weighted by Gasteiger charge is 2.49. The van der Waals surface area contributed by atoms with Crippen LogP contribution >= 0.6 is 0 Å². The molecule has 6 nitrogen and oxygen atoms in total. The summed E-state index contributed by atoms with van der Waals surface area (Å²) in [6.07, 6.45) is 3.10. The smallest absolute Gasteiger partial charge is 0.264 e. The van der Waals surface area contributed by atoms with Crippen molar-refractivity contribution in [3.63, 3.8) is 0 Å². The summed E-state index contributed by atoms with van der Waals surface area (Å²) < 4.78 is 20.9. The lowest BCUT2D eigenvalue weighted by molar-refractivity contribution is -0.135. The lowest BCUT2D eigenvalue weighted by atomic mass is 9.76. The zero-order chi connectivity index (χ0) is 25.2. The van der Waals surface area contributed by atoms with Crippen molar-refractivity contribution in [3.05, 3.63) is 114 Å². The number of hydrogen-bond acceptors (Lipinski definition) is 5. The second kappa shape index (κ2) is 10.0. The van der Waals surface area contributed by atoms with Crippen LogP contribution in [0.5, 0.6) is 0 Å². The largest absolute Gasteiger partial charge is 0.378 e. The van der Waals surface area contributed by atoms with E-state index in [4.69, 9.17) is 4.18 Å². The summed E-state index contributed by atoms with van der Waals surface area (Å²) in [7, 11) is 3.88. The highest BCUT2D eigenvalue weighted by molar-refractivity contribution is 7.77. The fraction of sp³-hybridized carbons (Fsp3) is 0.172. The molecule has 1 aliphatic carbocycles. The van der Waals surface area contributed by atoms with Gasteiger partial charge in [-0.1, -0.05) is 72.8 Å². The first kappa shape index (κ1) is 23.9. The maximum atomic E-state index is 13.5. The Kier molecular flexibility index (Phi) is 6.67. The van der Waals surface area contributed by atoms with Crippen LogP contribution in [0.4, 0.5) is 5.69 Å². The number of Topliss-reactive ketones (excluding diaryl/α,β-unsaturated/α-hetero) is 1. The Morgan fingerprint density at radius 3 is 2.22 bits per heavy atom. The third-order valence-corrected chi connectivity index (χ3v) is 7.46. The van der Waals surface area contributed by atoms with Gasteiger partial charge in [0.05, 0.1) is 18.6 Å². The van der Waals surface area contributed by atoms with Gasteiger partial charge in [0.25, 0.3) is 11.3 Å². The molecular weight excluding hydrogens is 472 g/mol. The standard InChI is InChI=1S/C29H26N2O4S/c1-30(2)23-15-9-14-22(16-23)24-17-26(32)29(33)27-25(21-12-7-4-8-13-21)18-31(28(24)27)36(34)35-19-20-10-5-3-6-11-20/h3-18,27-28H,19H2,1-2H3. The number of allylic oxidation sites excluding steroid dienone is 1. The normalized spacial score (nSPS) is 20.0. The lowest BCUT2D eigenvalue weighted by Crippen LogP contribution is -2.43. The zero-order valence-corrected chi connectivity index (χ0v) is 20.9. The molecule has 1 heterocycles. The Balaban J connectivity index is 1.57. The van der Waals surface area contributed by atoms with Gasteiger partial charge in [0, 0.05) is 26.0 Å². The molecular formula is C29H26N2O4S. The van der Waals surface area contributed by atoms with E-state index in [1.165, 1.54) is 6.08 Å². The van der Waals surface area contributed by atoms with Crippen molar-refractivity contribution in [2.45, 2.75) is 12.6 Å². The third kappa shape index (κ3) is 4.55. The monoisotopic (exact) mass is 498 g/mol. The summed E-state index contributed by atoms with van der Waals surface area (Å²) in [6, 6.07) is 26.0. The number of carbonyl (C=O) groups is 2. The molecule has 0 aromatic heterocycles. The molecule has 36 heavy (non-hydrogen) atoms. The molecule has 3 unspecified atom stereocenters. The van der Waals surface area contributed by atoms with Gasteiger partial charge >= 0.3 is 0 Å². The molecule has 3 aromatic rings. The maximum Gasteiger partial charge on any atom is 0.264 e. The molecule has 3 aromatic carbocycles. The molecule has 0 fully saturated rings. The first-order valence-electron chi connectivity index (χ1n) is 11.7. The highest BCUT2D eigenvalue weighted by atomic mass is 32.2. The van der Waals surface area contributed by atoms with Crippen LogP contribution in [0.3, 0.4) is 0 Å². The van der Waals surface area contributed by atoms with Crippen LogP contribution in [-0.2, 0) is 31.6 Å². The van der Waals surface area contributed by atoms with Crippen LogP contribution in [0.15, 0.2) is 97.2 Å². The van der Waals surface area contributed by atoms with E-state index < -0.39 is 34.8 Å². The number of rotatable bonds is 7. The average molecular weight is 499 g/mol. The molecule has 0 saturated heterocycles. The molecule has 182 valence electrons. The molecule has 0 radical (unpaired) electrons. The predicted octanol–water partition coefficient (Wildman–Crippen LogP) is 4.42. The molecule has 5 rings (SSSR count). The van der Waals surface area contributed by atoms with Crippen LogP contribution in [0.25, 0.3) is 11.1 Å². The van der Waals surface area contributed by atoms with Gasteiger partial charge in [-0.05, 0) is 46.0 Å². The van der Waals surface area contributed by atoms with Gasteiger partial charge in [0.2, 0.25) is 11.6 Å². The van der Waals surface area contributed by atoms with Crippen molar-refractivity contribution in [1.29, 1.82) is 0 Å². The van der Waals surface area contributed by atoms with Crippen molar-refractivity contribution in [2.24, 2.45) is 5.92 Å². The van der Waals surface area contributed by atoms with Gasteiger partial charge in [-0.15, -0.1) is 0 Å². The van der Waals surface area contributed by atoms with Crippen LogP contribution in [0.1, 0.15) is 16.7 Å². The van der Waals surface area contributed by atoms with Crippen LogP contribution < -0.4 is 4.90 Å². The predicted molar refractivity (Wildman–Crippen MR) is 142 cm³/mol. The van der Waals surface area contributed by atoms with Gasteiger partial charge in [-0.3, -0.25) is 18.1 Å². The molecule has 0 amide bonds. The van der Waals surface area contributed by atoms with E-state index >= 15 is 0 Å². The number of benzene rings is 3. The molecule has 7 heteroatoms. The van der Waals surface area contributed by atoms with Crippen molar-refractivity contribution in [1.82, 2.24) is 4.31 Å². The number of hydrogen-bond donors (Lipinski definition) is 0. The number of anilines is 1. The number of fused-ring (bicyclic) bond motifs is 1. The minimum Gasteiger partial charge on any atom is -0.378 e. The van der Waals surface area contributed by atoms with Gasteiger partial charge < -0.3 is 4.90 Å². The van der Waals surface area contributed by atoms with Gasteiger partial charge in [0.1, 0.15) is 0 Å². The number of ketones is 2. The van der Waals surface area contributed by atoms with Crippen molar-refractivity contribution >= 4 is 39.7 Å². The Labute approximate surface area is 213 Å². The van der Waals surface area contributed by atoms with Gasteiger partial charge in [0.15, 0.2) is 0 Å². The molecule has 0 bridgehead atoms. The lowest BCUT2D eigenvalue weighted by Gasteiger charge is -2.32. The van der Waals surface area contributed by atoms with Crippen LogP contribution in [0, 0.1) is 5.92 Å². The summed E-state index contributed by atoms with van der Waals surface area (Å²) in [6.45, 7) is 0.151. The molecule has 1 aliphatic heterocycles. The molecule has 2 aliphatic rings. The van der Waals surface area contributed by atoms with E-state index in [2.05, 4.69) is 0 Å². The Bertz CT molecular complexity index is 1380. The molecule has 0 saturated carbocycles. The first-order chi connectivity index (χ1) is 17.4. The van der Waals surface area contributed by atoms with E-state index in [9.17, 15) is 13.8 Å². The number of nitrogens with zero attached hydrogens (tertiary/aromatic N) is 2. The van der Waals surface area contributed by atoms with Crippen molar-refractivity contribution in [2.75, 3.05) is 19.0 Å². The van der Waals surface area contributed by atoms with E-state index in [-0.39, 0.29) is 6.61 Å². The van der Waals surface area contributed by atoms with Crippen LogP contribution in [0.2, 0.25) is 0 Å². The summed E-state index contributed by atoms with van der Waals surface area (Å²) >= 11 is -1.90. The van der Waals surface area contributed by atoms with Crippen LogP contribution in [-0.4, -0.2) is 40.2 Å².